The minimum atomic E-state index is -1.33. The van der Waals surface area contributed by atoms with Crippen molar-refractivity contribution in [2.24, 2.45) is 0 Å². The van der Waals surface area contributed by atoms with Gasteiger partial charge in [0.2, 0.25) is 0 Å². The molecule has 1 saturated heterocycles. The van der Waals surface area contributed by atoms with Crippen molar-refractivity contribution in [2.45, 2.75) is 18.3 Å². The monoisotopic (exact) mass is 468 g/mol. The summed E-state index contributed by atoms with van der Waals surface area (Å²) < 4.78 is 41.6. The van der Waals surface area contributed by atoms with Crippen molar-refractivity contribution in [3.63, 3.8) is 0 Å². The van der Waals surface area contributed by atoms with E-state index in [0.717, 1.165) is 23.8 Å². The molecule has 5 rings (SSSR count). The topological polar surface area (TPSA) is 40.6 Å². The molecule has 0 bridgehead atoms. The Balaban J connectivity index is 1.60. The van der Waals surface area contributed by atoms with Crippen LogP contribution in [-0.2, 0) is 16.2 Å². The summed E-state index contributed by atoms with van der Waals surface area (Å²) in [4.78, 5) is 29.0. The van der Waals surface area contributed by atoms with Gasteiger partial charge < -0.3 is 9.80 Å². The molecule has 0 saturated carbocycles. The number of rotatable bonds is 3. The second kappa shape index (κ2) is 7.95. The fourth-order valence-corrected chi connectivity index (χ4v) is 5.94. The standard InChI is InChI=1S/C25H19F3N2O2S/c1-15-5-8-22-20(11-15)25(24(32)29(22)14-17-6-7-19(27)13-21(17)28)30(9-10-33-25)23(31)16-3-2-4-18(26)12-16/h2-8,11-13H,9-10,14H2,1H3/t25-/m0/s1. The van der Waals surface area contributed by atoms with Crippen molar-refractivity contribution in [3.8, 4) is 0 Å². The van der Waals surface area contributed by atoms with E-state index in [9.17, 15) is 22.8 Å². The largest absolute Gasteiger partial charge is 0.311 e. The molecule has 2 amide bonds. The van der Waals surface area contributed by atoms with E-state index in [1.165, 1.54) is 45.8 Å². The minimum Gasteiger partial charge on any atom is -0.311 e. The molecule has 0 aliphatic carbocycles. The van der Waals surface area contributed by atoms with Gasteiger partial charge >= 0.3 is 0 Å². The number of benzene rings is 3. The third-order valence-corrected chi connectivity index (χ3v) is 7.43. The van der Waals surface area contributed by atoms with Gasteiger partial charge in [-0.1, -0.05) is 29.8 Å². The third-order valence-electron chi connectivity index (χ3n) is 6.01. The highest BCUT2D eigenvalue weighted by atomic mass is 32.2. The lowest BCUT2D eigenvalue weighted by molar-refractivity contribution is -0.123. The van der Waals surface area contributed by atoms with E-state index < -0.39 is 28.2 Å². The lowest BCUT2D eigenvalue weighted by Gasteiger charge is -2.33. The molecule has 3 aromatic rings. The Kier molecular flexibility index (Phi) is 5.20. The molecule has 0 N–H and O–H groups in total. The first-order chi connectivity index (χ1) is 15.8. The van der Waals surface area contributed by atoms with Crippen molar-refractivity contribution < 1.29 is 22.8 Å². The van der Waals surface area contributed by atoms with Crippen LogP contribution in [0.25, 0.3) is 0 Å². The molecule has 1 atom stereocenters. The van der Waals surface area contributed by atoms with Crippen LogP contribution >= 0.6 is 11.8 Å². The van der Waals surface area contributed by atoms with Gasteiger partial charge in [0.1, 0.15) is 17.5 Å². The fourth-order valence-electron chi connectivity index (χ4n) is 4.48. The second-order valence-electron chi connectivity index (χ2n) is 8.11. The van der Waals surface area contributed by atoms with Gasteiger partial charge in [0, 0.05) is 35.1 Å². The van der Waals surface area contributed by atoms with E-state index in [4.69, 9.17) is 0 Å². The lowest BCUT2D eigenvalue weighted by atomic mass is 10.0. The number of fused-ring (bicyclic) bond motifs is 2. The van der Waals surface area contributed by atoms with E-state index in [2.05, 4.69) is 0 Å². The Morgan fingerprint density at radius 2 is 1.82 bits per heavy atom. The number of carbonyl (C=O) groups excluding carboxylic acids is 2. The predicted octanol–water partition coefficient (Wildman–Crippen LogP) is 5.00. The minimum absolute atomic E-state index is 0.106. The summed E-state index contributed by atoms with van der Waals surface area (Å²) in [6.07, 6.45) is 0. The van der Waals surface area contributed by atoms with Gasteiger partial charge in [0.15, 0.2) is 4.87 Å². The zero-order valence-electron chi connectivity index (χ0n) is 17.6. The molecule has 0 radical (unpaired) electrons. The smallest absolute Gasteiger partial charge is 0.268 e. The van der Waals surface area contributed by atoms with Gasteiger partial charge in [0.05, 0.1) is 12.2 Å². The molecule has 8 heteroatoms. The lowest BCUT2D eigenvalue weighted by Crippen LogP contribution is -2.50. The van der Waals surface area contributed by atoms with E-state index in [1.807, 2.05) is 19.1 Å². The normalized spacial score (nSPS) is 19.5. The van der Waals surface area contributed by atoms with Gasteiger partial charge in [-0.25, -0.2) is 13.2 Å². The summed E-state index contributed by atoms with van der Waals surface area (Å²) in [7, 11) is 0. The van der Waals surface area contributed by atoms with Crippen LogP contribution in [0.5, 0.6) is 0 Å². The summed E-state index contributed by atoms with van der Waals surface area (Å²) in [5.74, 6) is -2.30. The highest BCUT2D eigenvalue weighted by Crippen LogP contribution is 2.55. The molecule has 2 aliphatic rings. The first-order valence-corrected chi connectivity index (χ1v) is 11.4. The number of anilines is 1. The highest BCUT2D eigenvalue weighted by Gasteiger charge is 2.59. The maximum absolute atomic E-state index is 14.4. The molecule has 0 aromatic heterocycles. The number of amides is 2. The highest BCUT2D eigenvalue weighted by molar-refractivity contribution is 8.01. The van der Waals surface area contributed by atoms with Crippen LogP contribution in [0, 0.1) is 24.4 Å². The first-order valence-electron chi connectivity index (χ1n) is 10.4. The van der Waals surface area contributed by atoms with Gasteiger partial charge in [-0.2, -0.15) is 0 Å². The van der Waals surface area contributed by atoms with Gasteiger partial charge in [-0.15, -0.1) is 11.8 Å². The van der Waals surface area contributed by atoms with E-state index in [0.29, 0.717) is 23.5 Å². The van der Waals surface area contributed by atoms with Gasteiger partial charge in [-0.3, -0.25) is 9.59 Å². The maximum atomic E-state index is 14.4. The Labute approximate surface area is 193 Å². The van der Waals surface area contributed by atoms with Crippen molar-refractivity contribution >= 4 is 29.3 Å². The van der Waals surface area contributed by atoms with Crippen LogP contribution in [0.1, 0.15) is 27.0 Å². The van der Waals surface area contributed by atoms with Crippen molar-refractivity contribution in [1.82, 2.24) is 4.90 Å². The van der Waals surface area contributed by atoms with Crippen molar-refractivity contribution in [3.05, 3.63) is 100 Å². The van der Waals surface area contributed by atoms with Crippen LogP contribution in [0.15, 0.2) is 60.7 Å². The number of hydrogen-bond acceptors (Lipinski definition) is 3. The van der Waals surface area contributed by atoms with Gasteiger partial charge in [0.25, 0.3) is 11.8 Å². The molecule has 1 fully saturated rings. The Hall–Kier alpha value is -3.26. The molecular formula is C25H19F3N2O2S. The number of hydrogen-bond donors (Lipinski definition) is 0. The number of aryl methyl sites for hydroxylation is 1. The molecule has 2 aliphatic heterocycles. The van der Waals surface area contributed by atoms with Crippen LogP contribution in [-0.4, -0.2) is 29.0 Å². The fraction of sp³-hybridized carbons (Fsp3) is 0.200. The average Bonchev–Trinajstić information content (AvgIpc) is 3.32. The summed E-state index contributed by atoms with van der Waals surface area (Å²) in [6.45, 7) is 2.09. The summed E-state index contributed by atoms with van der Waals surface area (Å²) in [6, 6.07) is 14.1. The summed E-state index contributed by atoms with van der Waals surface area (Å²) in [5, 5.41) is 0. The van der Waals surface area contributed by atoms with Crippen molar-refractivity contribution in [1.29, 1.82) is 0 Å². The van der Waals surface area contributed by atoms with Crippen LogP contribution in [0.2, 0.25) is 0 Å². The molecule has 3 aromatic carbocycles. The number of nitrogens with zero attached hydrogens (tertiary/aromatic N) is 2. The number of halogens is 3. The quantitative estimate of drug-likeness (QED) is 0.543. The number of carbonyl (C=O) groups is 2. The van der Waals surface area contributed by atoms with E-state index in [1.54, 1.807) is 6.07 Å². The van der Waals surface area contributed by atoms with Crippen LogP contribution < -0.4 is 4.90 Å². The predicted molar refractivity (Wildman–Crippen MR) is 120 cm³/mol. The number of thioether (sulfide) groups is 1. The zero-order chi connectivity index (χ0) is 23.3. The SMILES string of the molecule is Cc1ccc2c(c1)[C@]1(SCCN1C(=O)c1cccc(F)c1)C(=O)N2Cc1ccc(F)cc1F. The van der Waals surface area contributed by atoms with Crippen LogP contribution in [0.3, 0.4) is 0 Å². The molecule has 33 heavy (non-hydrogen) atoms. The van der Waals surface area contributed by atoms with Crippen LogP contribution in [0.4, 0.5) is 18.9 Å². The molecule has 1 spiro atoms. The summed E-state index contributed by atoms with van der Waals surface area (Å²) >= 11 is 1.33. The second-order valence-corrected chi connectivity index (χ2v) is 9.39. The van der Waals surface area contributed by atoms with E-state index in [-0.39, 0.29) is 23.6 Å². The first kappa shape index (κ1) is 21.6. The third kappa shape index (κ3) is 3.40. The molecular weight excluding hydrogens is 449 g/mol. The Morgan fingerprint density at radius 3 is 2.58 bits per heavy atom. The van der Waals surface area contributed by atoms with Gasteiger partial charge in [-0.05, 0) is 37.3 Å². The zero-order valence-corrected chi connectivity index (χ0v) is 18.5. The molecule has 168 valence electrons. The maximum Gasteiger partial charge on any atom is 0.268 e. The molecule has 0 unspecified atom stereocenters. The Bertz CT molecular complexity index is 1300. The van der Waals surface area contributed by atoms with E-state index >= 15 is 0 Å². The summed E-state index contributed by atoms with van der Waals surface area (Å²) in [5.41, 5.74) is 2.44. The molecule has 2 heterocycles. The average molecular weight is 469 g/mol. The Morgan fingerprint density at radius 1 is 1.03 bits per heavy atom. The molecule has 4 nitrogen and oxygen atoms in total. The van der Waals surface area contributed by atoms with Crippen molar-refractivity contribution in [2.75, 3.05) is 17.2 Å².